The number of halogens is 2. The summed E-state index contributed by atoms with van der Waals surface area (Å²) in [6.07, 6.45) is 1.56. The summed E-state index contributed by atoms with van der Waals surface area (Å²) in [5.41, 5.74) is 1.22. The predicted molar refractivity (Wildman–Crippen MR) is 71.0 cm³/mol. The fraction of sp³-hybridized carbons (Fsp3) is 0.0769. The largest absolute Gasteiger partial charge is 0.319 e. The molecule has 2 aromatic rings. The third-order valence-electron chi connectivity index (χ3n) is 2.46. The number of nitrogens with zero attached hydrogens (tertiary/aromatic N) is 1. The molecule has 0 fully saturated rings. The lowest BCUT2D eigenvalue weighted by Crippen LogP contribution is -2.15. The van der Waals surface area contributed by atoms with Gasteiger partial charge in [0.15, 0.2) is 0 Å². The fourth-order valence-corrected chi connectivity index (χ4v) is 1.96. The number of pyridine rings is 1. The van der Waals surface area contributed by atoms with Crippen LogP contribution in [-0.2, 0) is 0 Å². The number of nitrogens with one attached hydrogen (secondary N) is 1. The van der Waals surface area contributed by atoms with E-state index in [1.807, 2.05) is 0 Å². The summed E-state index contributed by atoms with van der Waals surface area (Å²) in [5, 5.41) is 2.55. The smallest absolute Gasteiger partial charge is 0.258 e. The Morgan fingerprint density at radius 2 is 2.11 bits per heavy atom. The third-order valence-corrected chi connectivity index (χ3v) is 3.10. The molecule has 1 amide bonds. The van der Waals surface area contributed by atoms with Gasteiger partial charge in [-0.25, -0.2) is 9.37 Å². The first-order valence-electron chi connectivity index (χ1n) is 5.26. The molecule has 18 heavy (non-hydrogen) atoms. The fourth-order valence-electron chi connectivity index (χ4n) is 1.53. The van der Waals surface area contributed by atoms with E-state index < -0.39 is 11.7 Å². The Hall–Kier alpha value is -1.75. The average molecular weight is 309 g/mol. The van der Waals surface area contributed by atoms with E-state index in [9.17, 15) is 9.18 Å². The zero-order valence-corrected chi connectivity index (χ0v) is 11.2. The number of hydrogen-bond donors (Lipinski definition) is 1. The maximum atomic E-state index is 13.6. The molecule has 0 aliphatic rings. The minimum atomic E-state index is -0.455. The van der Waals surface area contributed by atoms with Crippen LogP contribution in [0.3, 0.4) is 0 Å². The second-order valence-electron chi connectivity index (χ2n) is 3.73. The number of amides is 1. The number of aromatic nitrogens is 1. The van der Waals surface area contributed by atoms with E-state index in [4.69, 9.17) is 0 Å². The lowest BCUT2D eigenvalue weighted by atomic mass is 10.2. The van der Waals surface area contributed by atoms with Crippen molar-refractivity contribution < 1.29 is 9.18 Å². The number of carbonyl (C=O) groups excluding carboxylic acids is 1. The molecular formula is C13H10BrFN2O. The van der Waals surface area contributed by atoms with Crippen molar-refractivity contribution in [2.75, 3.05) is 5.32 Å². The van der Waals surface area contributed by atoms with Crippen LogP contribution in [0.2, 0.25) is 0 Å². The van der Waals surface area contributed by atoms with Crippen LogP contribution in [0.1, 0.15) is 15.9 Å². The molecule has 0 bridgehead atoms. The number of hydrogen-bond acceptors (Lipinski definition) is 2. The quantitative estimate of drug-likeness (QED) is 0.862. The zero-order valence-electron chi connectivity index (χ0n) is 9.58. The lowest BCUT2D eigenvalue weighted by Gasteiger charge is -2.09. The molecule has 1 N–H and O–H groups in total. The SMILES string of the molecule is Cc1cccc(F)c1NC(=O)c1cccnc1Br. The Morgan fingerprint density at radius 3 is 2.78 bits per heavy atom. The van der Waals surface area contributed by atoms with Gasteiger partial charge in [0.1, 0.15) is 10.4 Å². The van der Waals surface area contributed by atoms with Crippen molar-refractivity contribution in [2.24, 2.45) is 0 Å². The monoisotopic (exact) mass is 308 g/mol. The molecule has 1 heterocycles. The zero-order chi connectivity index (χ0) is 13.1. The molecule has 0 saturated carbocycles. The number of anilines is 1. The Morgan fingerprint density at radius 1 is 1.33 bits per heavy atom. The summed E-state index contributed by atoms with van der Waals surface area (Å²) in [5.74, 6) is -0.855. The molecule has 0 radical (unpaired) electrons. The minimum Gasteiger partial charge on any atom is -0.319 e. The van der Waals surface area contributed by atoms with E-state index in [0.29, 0.717) is 15.7 Å². The van der Waals surface area contributed by atoms with E-state index in [2.05, 4.69) is 26.2 Å². The van der Waals surface area contributed by atoms with Gasteiger partial charge in [-0.1, -0.05) is 12.1 Å². The van der Waals surface area contributed by atoms with Crippen LogP contribution >= 0.6 is 15.9 Å². The highest BCUT2D eigenvalue weighted by Gasteiger charge is 2.13. The first-order chi connectivity index (χ1) is 8.59. The maximum absolute atomic E-state index is 13.6. The van der Waals surface area contributed by atoms with Gasteiger partial charge in [0.2, 0.25) is 0 Å². The molecule has 5 heteroatoms. The van der Waals surface area contributed by atoms with Gasteiger partial charge < -0.3 is 5.32 Å². The van der Waals surface area contributed by atoms with E-state index in [1.165, 1.54) is 6.07 Å². The summed E-state index contributed by atoms with van der Waals surface area (Å²) in [6, 6.07) is 7.90. The molecule has 0 aliphatic carbocycles. The molecule has 0 atom stereocenters. The first-order valence-corrected chi connectivity index (χ1v) is 6.06. The van der Waals surface area contributed by atoms with Crippen LogP contribution < -0.4 is 5.32 Å². The molecule has 0 unspecified atom stereocenters. The normalized spacial score (nSPS) is 10.2. The van der Waals surface area contributed by atoms with Crippen molar-refractivity contribution in [1.82, 2.24) is 4.98 Å². The van der Waals surface area contributed by atoms with Crippen molar-refractivity contribution in [3.05, 3.63) is 58.1 Å². The van der Waals surface area contributed by atoms with Gasteiger partial charge in [-0.05, 0) is 46.6 Å². The molecule has 0 aliphatic heterocycles. The van der Waals surface area contributed by atoms with Crippen LogP contribution in [0.5, 0.6) is 0 Å². The van der Waals surface area contributed by atoms with Gasteiger partial charge in [-0.2, -0.15) is 0 Å². The molecule has 0 spiro atoms. The van der Waals surface area contributed by atoms with Gasteiger partial charge >= 0.3 is 0 Å². The summed E-state index contributed by atoms with van der Waals surface area (Å²) < 4.78 is 14.0. The van der Waals surface area contributed by atoms with Crippen LogP contribution in [0.4, 0.5) is 10.1 Å². The summed E-state index contributed by atoms with van der Waals surface area (Å²) in [7, 11) is 0. The summed E-state index contributed by atoms with van der Waals surface area (Å²) in [4.78, 5) is 15.9. The van der Waals surface area contributed by atoms with Crippen molar-refractivity contribution in [2.45, 2.75) is 6.92 Å². The molecule has 1 aromatic carbocycles. The highest BCUT2D eigenvalue weighted by molar-refractivity contribution is 9.10. The van der Waals surface area contributed by atoms with Crippen molar-refractivity contribution in [3.8, 4) is 0 Å². The Labute approximate surface area is 112 Å². The summed E-state index contributed by atoms with van der Waals surface area (Å²) in [6.45, 7) is 1.73. The van der Waals surface area contributed by atoms with Crippen molar-refractivity contribution in [3.63, 3.8) is 0 Å². The van der Waals surface area contributed by atoms with Crippen LogP contribution in [0.15, 0.2) is 41.1 Å². The van der Waals surface area contributed by atoms with Crippen LogP contribution in [0.25, 0.3) is 0 Å². The number of para-hydroxylation sites is 1. The highest BCUT2D eigenvalue weighted by Crippen LogP contribution is 2.21. The van der Waals surface area contributed by atoms with Crippen LogP contribution in [-0.4, -0.2) is 10.9 Å². The van der Waals surface area contributed by atoms with E-state index in [1.54, 1.807) is 37.4 Å². The lowest BCUT2D eigenvalue weighted by molar-refractivity contribution is 0.102. The maximum Gasteiger partial charge on any atom is 0.258 e. The second kappa shape index (κ2) is 5.27. The topological polar surface area (TPSA) is 42.0 Å². The van der Waals surface area contributed by atoms with Gasteiger partial charge in [0, 0.05) is 6.20 Å². The van der Waals surface area contributed by atoms with Crippen molar-refractivity contribution >= 4 is 27.5 Å². The van der Waals surface area contributed by atoms with E-state index in [0.717, 1.165) is 0 Å². The first kappa shape index (κ1) is 12.7. The second-order valence-corrected chi connectivity index (χ2v) is 4.48. The average Bonchev–Trinajstić information content (AvgIpc) is 2.34. The third kappa shape index (κ3) is 2.56. The Bertz CT molecular complexity index is 581. The van der Waals surface area contributed by atoms with E-state index in [-0.39, 0.29) is 5.69 Å². The molecule has 0 saturated heterocycles. The molecule has 92 valence electrons. The molecule has 2 rings (SSSR count). The Kier molecular flexibility index (Phi) is 3.72. The molecule has 1 aromatic heterocycles. The summed E-state index contributed by atoms with van der Waals surface area (Å²) >= 11 is 3.18. The van der Waals surface area contributed by atoms with Gasteiger partial charge in [-0.3, -0.25) is 4.79 Å². The van der Waals surface area contributed by atoms with Gasteiger partial charge in [0.25, 0.3) is 5.91 Å². The predicted octanol–water partition coefficient (Wildman–Crippen LogP) is 3.54. The number of aryl methyl sites for hydroxylation is 1. The van der Waals surface area contributed by atoms with Gasteiger partial charge in [-0.15, -0.1) is 0 Å². The van der Waals surface area contributed by atoms with Crippen LogP contribution in [0, 0.1) is 12.7 Å². The molecule has 3 nitrogen and oxygen atoms in total. The number of carbonyl (C=O) groups is 1. The number of benzene rings is 1. The molecular weight excluding hydrogens is 299 g/mol. The number of rotatable bonds is 2. The Balaban J connectivity index is 2.30. The van der Waals surface area contributed by atoms with E-state index >= 15 is 0 Å². The van der Waals surface area contributed by atoms with Crippen molar-refractivity contribution in [1.29, 1.82) is 0 Å². The highest BCUT2D eigenvalue weighted by atomic mass is 79.9. The standard InChI is InChI=1S/C13H10BrFN2O/c1-8-4-2-6-10(15)11(8)17-13(18)9-5-3-7-16-12(9)14/h2-7H,1H3,(H,17,18). The van der Waals surface area contributed by atoms with Gasteiger partial charge in [0.05, 0.1) is 11.3 Å². The minimum absolute atomic E-state index is 0.193.